The molecule has 1 atom stereocenters. The summed E-state index contributed by atoms with van der Waals surface area (Å²) in [7, 11) is 0. The lowest BCUT2D eigenvalue weighted by atomic mass is 10.0. The molecule has 146 valence electrons. The van der Waals surface area contributed by atoms with Crippen molar-refractivity contribution in [3.63, 3.8) is 0 Å². The minimum absolute atomic E-state index is 0.00465. The third-order valence-electron chi connectivity index (χ3n) is 3.64. The summed E-state index contributed by atoms with van der Waals surface area (Å²) in [6, 6.07) is 2.43. The molecule has 1 heterocycles. The fourth-order valence-electron chi connectivity index (χ4n) is 2.44. The minimum Gasteiger partial charge on any atom is -0.463 e. The van der Waals surface area contributed by atoms with Crippen molar-refractivity contribution < 1.29 is 37.0 Å². The smallest absolute Gasteiger partial charge is 0.416 e. The Balaban J connectivity index is 2.19. The van der Waals surface area contributed by atoms with Crippen molar-refractivity contribution in [2.24, 2.45) is 0 Å². The normalized spacial score (nSPS) is 17.1. The van der Waals surface area contributed by atoms with Crippen LogP contribution in [0.2, 0.25) is 0 Å². The molecule has 0 unspecified atom stereocenters. The zero-order valence-electron chi connectivity index (χ0n) is 14.5. The summed E-state index contributed by atoms with van der Waals surface area (Å²) in [5.41, 5.74) is -1.23. The van der Waals surface area contributed by atoms with Gasteiger partial charge in [-0.05, 0) is 32.0 Å². The minimum atomic E-state index is -4.60. The standard InChI is InChI=1S/C17H17F3N2O5/c1-3-26-15(24)13-9(2)21-16(25)22-12(13)8-27-14(23)10-5-4-6-11(7-10)17(18,19)20/h4-7,9H,3,8H2,1-2H3,(H2,21,22,25)/t9-/m1/s1. The molecule has 2 N–H and O–H groups in total. The van der Waals surface area contributed by atoms with Crippen molar-refractivity contribution in [2.75, 3.05) is 13.2 Å². The number of hydrogen-bond acceptors (Lipinski definition) is 5. The first kappa shape index (κ1) is 20.3. The quantitative estimate of drug-likeness (QED) is 0.758. The zero-order valence-corrected chi connectivity index (χ0v) is 14.5. The summed E-state index contributed by atoms with van der Waals surface area (Å²) >= 11 is 0. The average Bonchev–Trinajstić information content (AvgIpc) is 2.58. The molecular weight excluding hydrogens is 369 g/mol. The van der Waals surface area contributed by atoms with Crippen molar-refractivity contribution >= 4 is 18.0 Å². The van der Waals surface area contributed by atoms with E-state index in [1.54, 1.807) is 13.8 Å². The number of ether oxygens (including phenoxy) is 2. The lowest BCUT2D eigenvalue weighted by molar-refractivity contribution is -0.139. The number of esters is 2. The Morgan fingerprint density at radius 1 is 1.19 bits per heavy atom. The van der Waals surface area contributed by atoms with Crippen LogP contribution in [-0.2, 0) is 20.4 Å². The number of urea groups is 1. The highest BCUT2D eigenvalue weighted by molar-refractivity contribution is 5.95. The van der Waals surface area contributed by atoms with Crippen LogP contribution in [-0.4, -0.2) is 37.2 Å². The highest BCUT2D eigenvalue weighted by Gasteiger charge is 2.32. The van der Waals surface area contributed by atoms with E-state index in [4.69, 9.17) is 9.47 Å². The van der Waals surface area contributed by atoms with Crippen LogP contribution in [0.25, 0.3) is 0 Å². The number of carbonyl (C=O) groups excluding carboxylic acids is 3. The van der Waals surface area contributed by atoms with E-state index in [-0.39, 0.29) is 23.4 Å². The highest BCUT2D eigenvalue weighted by Crippen LogP contribution is 2.29. The monoisotopic (exact) mass is 386 g/mol. The molecule has 0 saturated carbocycles. The molecule has 2 rings (SSSR count). The predicted molar refractivity (Wildman–Crippen MR) is 86.5 cm³/mol. The maximum absolute atomic E-state index is 12.7. The third kappa shape index (κ3) is 4.99. The van der Waals surface area contributed by atoms with Gasteiger partial charge < -0.3 is 20.1 Å². The van der Waals surface area contributed by atoms with Gasteiger partial charge in [-0.15, -0.1) is 0 Å². The number of hydrogen-bond donors (Lipinski definition) is 2. The predicted octanol–water partition coefficient (Wildman–Crippen LogP) is 2.38. The van der Waals surface area contributed by atoms with E-state index in [1.165, 1.54) is 6.07 Å². The largest absolute Gasteiger partial charge is 0.463 e. The molecule has 0 bridgehead atoms. The molecule has 0 fully saturated rings. The van der Waals surface area contributed by atoms with E-state index >= 15 is 0 Å². The molecule has 1 aromatic carbocycles. The Morgan fingerprint density at radius 2 is 1.89 bits per heavy atom. The Bertz CT molecular complexity index is 789. The van der Waals surface area contributed by atoms with Gasteiger partial charge in [-0.2, -0.15) is 13.2 Å². The first-order chi connectivity index (χ1) is 12.6. The molecule has 0 aromatic heterocycles. The zero-order chi connectivity index (χ0) is 20.2. The van der Waals surface area contributed by atoms with Gasteiger partial charge >= 0.3 is 24.1 Å². The van der Waals surface area contributed by atoms with E-state index < -0.39 is 42.4 Å². The maximum atomic E-state index is 12.7. The number of amides is 2. The lowest BCUT2D eigenvalue weighted by Gasteiger charge is -2.26. The van der Waals surface area contributed by atoms with Crippen LogP contribution in [0.15, 0.2) is 35.5 Å². The van der Waals surface area contributed by atoms with Gasteiger partial charge in [-0.25, -0.2) is 14.4 Å². The molecule has 10 heteroatoms. The second kappa shape index (κ2) is 8.11. The highest BCUT2D eigenvalue weighted by atomic mass is 19.4. The summed E-state index contributed by atoms with van der Waals surface area (Å²) in [6.07, 6.45) is -4.60. The van der Waals surface area contributed by atoms with Crippen LogP contribution in [0.1, 0.15) is 29.8 Å². The summed E-state index contributed by atoms with van der Waals surface area (Å²) < 4.78 is 48.1. The topological polar surface area (TPSA) is 93.7 Å². The maximum Gasteiger partial charge on any atom is 0.416 e. The molecule has 2 amide bonds. The summed E-state index contributed by atoms with van der Waals surface area (Å²) in [4.78, 5) is 35.7. The fraction of sp³-hybridized carbons (Fsp3) is 0.353. The van der Waals surface area contributed by atoms with Crippen LogP contribution in [0, 0.1) is 0 Å². The van der Waals surface area contributed by atoms with E-state index in [2.05, 4.69) is 10.6 Å². The van der Waals surface area contributed by atoms with Crippen LogP contribution in [0.3, 0.4) is 0 Å². The van der Waals surface area contributed by atoms with Gasteiger partial charge in [0.1, 0.15) is 6.61 Å². The molecule has 0 radical (unpaired) electrons. The van der Waals surface area contributed by atoms with Gasteiger partial charge in [0.15, 0.2) is 0 Å². The number of alkyl halides is 3. The van der Waals surface area contributed by atoms with Gasteiger partial charge in [-0.3, -0.25) is 0 Å². The number of benzene rings is 1. The van der Waals surface area contributed by atoms with E-state index in [0.29, 0.717) is 6.07 Å². The van der Waals surface area contributed by atoms with Crippen molar-refractivity contribution in [1.82, 2.24) is 10.6 Å². The average molecular weight is 386 g/mol. The molecule has 0 saturated heterocycles. The SMILES string of the molecule is CCOC(=O)C1=C(COC(=O)c2cccc(C(F)(F)F)c2)NC(=O)N[C@@H]1C. The van der Waals surface area contributed by atoms with Crippen molar-refractivity contribution in [3.8, 4) is 0 Å². The summed E-state index contributed by atoms with van der Waals surface area (Å²) in [5, 5.41) is 4.82. The third-order valence-corrected chi connectivity index (χ3v) is 3.64. The van der Waals surface area contributed by atoms with Crippen LogP contribution < -0.4 is 10.6 Å². The summed E-state index contributed by atoms with van der Waals surface area (Å²) in [6.45, 7) is 2.73. The number of carbonyl (C=O) groups is 3. The molecule has 0 spiro atoms. The second-order valence-electron chi connectivity index (χ2n) is 5.59. The molecule has 1 aliphatic rings. The Hall–Kier alpha value is -3.04. The van der Waals surface area contributed by atoms with Crippen LogP contribution >= 0.6 is 0 Å². The fourth-order valence-corrected chi connectivity index (χ4v) is 2.44. The van der Waals surface area contributed by atoms with E-state index in [9.17, 15) is 27.6 Å². The van der Waals surface area contributed by atoms with Gasteiger partial charge in [0, 0.05) is 0 Å². The summed E-state index contributed by atoms with van der Waals surface area (Å²) in [5.74, 6) is -1.74. The molecule has 7 nitrogen and oxygen atoms in total. The van der Waals surface area contributed by atoms with Gasteiger partial charge in [0.05, 0.1) is 35.0 Å². The molecular formula is C17H17F3N2O5. The van der Waals surface area contributed by atoms with Crippen LogP contribution in [0.4, 0.5) is 18.0 Å². The van der Waals surface area contributed by atoms with E-state index in [0.717, 1.165) is 12.1 Å². The first-order valence-corrected chi connectivity index (χ1v) is 7.95. The molecule has 1 aliphatic heterocycles. The number of nitrogens with one attached hydrogen (secondary N) is 2. The molecule has 0 aliphatic carbocycles. The van der Waals surface area contributed by atoms with Gasteiger partial charge in [0.25, 0.3) is 0 Å². The van der Waals surface area contributed by atoms with Gasteiger partial charge in [0.2, 0.25) is 0 Å². The second-order valence-corrected chi connectivity index (χ2v) is 5.59. The lowest BCUT2D eigenvalue weighted by Crippen LogP contribution is -2.50. The number of halogens is 3. The van der Waals surface area contributed by atoms with E-state index in [1.807, 2.05) is 0 Å². The first-order valence-electron chi connectivity index (χ1n) is 7.95. The number of rotatable bonds is 5. The van der Waals surface area contributed by atoms with Crippen molar-refractivity contribution in [3.05, 3.63) is 46.7 Å². The molecule has 27 heavy (non-hydrogen) atoms. The Labute approximate surface area is 152 Å². The Kier molecular flexibility index (Phi) is 6.09. The Morgan fingerprint density at radius 3 is 2.52 bits per heavy atom. The molecule has 1 aromatic rings. The van der Waals surface area contributed by atoms with Crippen LogP contribution in [0.5, 0.6) is 0 Å². The van der Waals surface area contributed by atoms with Crippen molar-refractivity contribution in [2.45, 2.75) is 26.1 Å². The van der Waals surface area contributed by atoms with Crippen molar-refractivity contribution in [1.29, 1.82) is 0 Å². The van der Waals surface area contributed by atoms with Gasteiger partial charge in [-0.1, -0.05) is 6.07 Å².